The van der Waals surface area contributed by atoms with Gasteiger partial charge in [0.2, 0.25) is 0 Å². The lowest BCUT2D eigenvalue weighted by Gasteiger charge is -2.34. The molecule has 0 radical (unpaired) electrons. The molecule has 0 bridgehead atoms. The van der Waals surface area contributed by atoms with Crippen LogP contribution in [0, 0.1) is 6.92 Å². The number of rotatable bonds is 10. The number of nitrogens with zero attached hydrogens (tertiary/aromatic N) is 2. The zero-order valence-corrected chi connectivity index (χ0v) is 28.7. The zero-order valence-electron chi connectivity index (χ0n) is 26.3. The number of ether oxygens (including phenoxy) is 1. The van der Waals surface area contributed by atoms with Crippen LogP contribution in [0.1, 0.15) is 82.1 Å². The molecule has 1 unspecified atom stereocenters. The summed E-state index contributed by atoms with van der Waals surface area (Å²) in [6, 6.07) is 16.2. The van der Waals surface area contributed by atoms with Gasteiger partial charge in [0.15, 0.2) is 4.90 Å². The number of hydrogen-bond acceptors (Lipinski definition) is 4. The molecule has 2 atom stereocenters. The number of likely N-dealkylation sites (tertiary alicyclic amines) is 1. The molecule has 2 aliphatic rings. The van der Waals surface area contributed by atoms with Gasteiger partial charge in [-0.2, -0.15) is 0 Å². The number of aryl methyl sites for hydroxylation is 2. The minimum atomic E-state index is -0.988. The number of halogens is 2. The largest absolute Gasteiger partial charge is 0.612 e. The van der Waals surface area contributed by atoms with E-state index in [1.54, 1.807) is 13.4 Å². The molecule has 5 rings (SSSR count). The highest BCUT2D eigenvalue weighted by atomic mass is 35.5. The molecular formula is C36H44Cl2N2O3S. The minimum absolute atomic E-state index is 0.0153. The summed E-state index contributed by atoms with van der Waals surface area (Å²) in [4.78, 5) is 19.5. The highest BCUT2D eigenvalue weighted by Gasteiger charge is 2.29. The van der Waals surface area contributed by atoms with Crippen LogP contribution in [0.2, 0.25) is 10.0 Å². The van der Waals surface area contributed by atoms with Crippen molar-refractivity contribution in [2.45, 2.75) is 68.6 Å². The van der Waals surface area contributed by atoms with Crippen LogP contribution in [0.25, 0.3) is 0 Å². The molecule has 0 spiro atoms. The van der Waals surface area contributed by atoms with Crippen molar-refractivity contribution in [2.24, 2.45) is 0 Å². The van der Waals surface area contributed by atoms with Gasteiger partial charge in [0.05, 0.1) is 22.7 Å². The Bertz CT molecular complexity index is 1470. The monoisotopic (exact) mass is 654 g/mol. The molecule has 5 nitrogen and oxygen atoms in total. The topological polar surface area (TPSA) is 55.8 Å². The maximum atomic E-state index is 14.2. The third-order valence-electron chi connectivity index (χ3n) is 9.51. The van der Waals surface area contributed by atoms with E-state index >= 15 is 0 Å². The van der Waals surface area contributed by atoms with Crippen molar-refractivity contribution in [3.8, 4) is 5.75 Å². The van der Waals surface area contributed by atoms with Gasteiger partial charge < -0.3 is 19.1 Å². The number of carbonyl (C=O) groups is 1. The van der Waals surface area contributed by atoms with E-state index in [4.69, 9.17) is 27.9 Å². The molecule has 1 fully saturated rings. The van der Waals surface area contributed by atoms with Gasteiger partial charge in [-0.05, 0) is 129 Å². The van der Waals surface area contributed by atoms with Crippen molar-refractivity contribution in [3.05, 3.63) is 92.0 Å². The van der Waals surface area contributed by atoms with E-state index in [1.165, 1.54) is 11.1 Å². The molecular weight excluding hydrogens is 611 g/mol. The molecule has 0 saturated carbocycles. The van der Waals surface area contributed by atoms with Crippen LogP contribution in [0.3, 0.4) is 0 Å². The van der Waals surface area contributed by atoms with E-state index < -0.39 is 11.2 Å². The number of fused-ring (bicyclic) bond motifs is 1. The molecule has 3 aromatic rings. The highest BCUT2D eigenvalue weighted by molar-refractivity contribution is 7.90. The Kier molecular flexibility index (Phi) is 11.2. The van der Waals surface area contributed by atoms with Gasteiger partial charge in [0, 0.05) is 25.1 Å². The van der Waals surface area contributed by atoms with Crippen LogP contribution >= 0.6 is 23.2 Å². The predicted octanol–water partition coefficient (Wildman–Crippen LogP) is 8.05. The van der Waals surface area contributed by atoms with Crippen LogP contribution in [-0.2, 0) is 24.0 Å². The Morgan fingerprint density at radius 2 is 1.82 bits per heavy atom. The van der Waals surface area contributed by atoms with E-state index in [0.717, 1.165) is 91.7 Å². The molecule has 1 aliphatic heterocycles. The van der Waals surface area contributed by atoms with Crippen LogP contribution in [0.4, 0.5) is 0 Å². The quantitative estimate of drug-likeness (QED) is 0.208. The molecule has 1 saturated heterocycles. The first kappa shape index (κ1) is 33.2. The first-order valence-corrected chi connectivity index (χ1v) is 18.0. The van der Waals surface area contributed by atoms with Gasteiger partial charge in [0.1, 0.15) is 12.0 Å². The van der Waals surface area contributed by atoms with Crippen LogP contribution in [-0.4, -0.2) is 66.9 Å². The maximum Gasteiger partial charge on any atom is 0.257 e. The van der Waals surface area contributed by atoms with Gasteiger partial charge in [-0.25, -0.2) is 0 Å². The normalized spacial score (nSPS) is 17.2. The average Bonchev–Trinajstić information content (AvgIpc) is 3.03. The summed E-state index contributed by atoms with van der Waals surface area (Å²) in [5.41, 5.74) is 6.50. The summed E-state index contributed by atoms with van der Waals surface area (Å²) in [5.74, 6) is 1.23. The summed E-state index contributed by atoms with van der Waals surface area (Å²) >= 11 is 11.8. The fourth-order valence-electron chi connectivity index (χ4n) is 7.14. The van der Waals surface area contributed by atoms with Crippen molar-refractivity contribution < 1.29 is 14.1 Å². The lowest BCUT2D eigenvalue weighted by molar-refractivity contribution is 0.0776. The summed E-state index contributed by atoms with van der Waals surface area (Å²) < 4.78 is 18.1. The van der Waals surface area contributed by atoms with E-state index in [0.29, 0.717) is 28.3 Å². The fraction of sp³-hybridized carbons (Fsp3) is 0.472. The predicted molar refractivity (Wildman–Crippen MR) is 182 cm³/mol. The molecule has 0 aromatic heterocycles. The molecule has 0 N–H and O–H groups in total. The molecule has 1 heterocycles. The number of likely N-dealkylation sites (N-methyl/N-ethyl adjacent to an activating group) is 1. The van der Waals surface area contributed by atoms with Crippen molar-refractivity contribution in [1.82, 2.24) is 9.80 Å². The van der Waals surface area contributed by atoms with Crippen molar-refractivity contribution >= 4 is 40.3 Å². The molecule has 236 valence electrons. The van der Waals surface area contributed by atoms with E-state index in [9.17, 15) is 9.35 Å². The standard InChI is InChI=1S/C36H44Cl2N2O3S/c1-24-21-27-9-5-6-11-30(27)34(35(24)43-3)36(41)39(2)23-28(26-13-14-31(37)32(38)22-26)17-20-40-18-15-25(16-19-40)29-10-7-8-12-33(29)44(4)42/h7-8,10,12-14,21-22,25,28H,5-6,9,11,15-20,23H2,1-4H3/t28-,44?/m1/s1. The second-order valence-electron chi connectivity index (χ2n) is 12.4. The molecule has 8 heteroatoms. The first-order chi connectivity index (χ1) is 21.2. The van der Waals surface area contributed by atoms with Crippen LogP contribution in [0.5, 0.6) is 5.75 Å². The Morgan fingerprint density at radius 1 is 1.09 bits per heavy atom. The number of benzene rings is 3. The van der Waals surface area contributed by atoms with Gasteiger partial charge in [-0.3, -0.25) is 4.79 Å². The summed E-state index contributed by atoms with van der Waals surface area (Å²) in [6.07, 6.45) is 8.91. The lowest BCUT2D eigenvalue weighted by Crippen LogP contribution is -2.37. The van der Waals surface area contributed by atoms with Crippen molar-refractivity contribution in [2.75, 3.05) is 46.6 Å². The van der Waals surface area contributed by atoms with Gasteiger partial charge >= 0.3 is 0 Å². The van der Waals surface area contributed by atoms with E-state index in [-0.39, 0.29) is 11.8 Å². The Hall–Kier alpha value is -2.22. The van der Waals surface area contributed by atoms with Crippen LogP contribution < -0.4 is 4.74 Å². The summed E-state index contributed by atoms with van der Waals surface area (Å²) in [7, 11) is 3.57. The molecule has 44 heavy (non-hydrogen) atoms. The second-order valence-corrected chi connectivity index (χ2v) is 14.6. The Labute approximate surface area is 276 Å². The second kappa shape index (κ2) is 14.9. The van der Waals surface area contributed by atoms with E-state index in [1.807, 2.05) is 49.2 Å². The van der Waals surface area contributed by atoms with E-state index in [2.05, 4.69) is 23.1 Å². The van der Waals surface area contributed by atoms with Crippen molar-refractivity contribution in [3.63, 3.8) is 0 Å². The third-order valence-corrected chi connectivity index (χ3v) is 11.2. The third kappa shape index (κ3) is 7.42. The van der Waals surface area contributed by atoms with Gasteiger partial charge in [0.25, 0.3) is 5.91 Å². The average molecular weight is 656 g/mol. The molecule has 1 amide bonds. The summed E-state index contributed by atoms with van der Waals surface area (Å²) in [5, 5.41) is 1.07. The first-order valence-electron chi connectivity index (χ1n) is 15.7. The Balaban J connectivity index is 1.31. The highest BCUT2D eigenvalue weighted by Crippen LogP contribution is 2.37. The number of methoxy groups -OCH3 is 1. The maximum absolute atomic E-state index is 14.2. The van der Waals surface area contributed by atoms with Gasteiger partial charge in [-0.15, -0.1) is 0 Å². The zero-order chi connectivity index (χ0) is 31.4. The number of piperidine rings is 1. The molecule has 1 aliphatic carbocycles. The number of amides is 1. The lowest BCUT2D eigenvalue weighted by atomic mass is 9.85. The smallest absolute Gasteiger partial charge is 0.257 e. The number of hydrogen-bond donors (Lipinski definition) is 0. The fourth-order valence-corrected chi connectivity index (χ4v) is 8.29. The van der Waals surface area contributed by atoms with Crippen LogP contribution in [0.15, 0.2) is 53.4 Å². The summed E-state index contributed by atoms with van der Waals surface area (Å²) in [6.45, 7) is 5.50. The molecule has 3 aromatic carbocycles. The SMILES string of the molecule is COc1c(C)cc2c(c1C(=O)N(C)C[C@@H](CCN1CCC(c3ccccc3[S+](C)[O-])CC1)c1ccc(Cl)c(Cl)c1)CCCC2. The minimum Gasteiger partial charge on any atom is -0.612 e. The van der Waals surface area contributed by atoms with Gasteiger partial charge in [-0.1, -0.05) is 53.5 Å². The van der Waals surface area contributed by atoms with Crippen molar-refractivity contribution in [1.29, 1.82) is 0 Å². The number of carbonyl (C=O) groups excluding carboxylic acids is 1. The Morgan fingerprint density at radius 3 is 2.52 bits per heavy atom.